The van der Waals surface area contributed by atoms with Crippen LogP contribution in [-0.2, 0) is 16.1 Å². The fourth-order valence-electron chi connectivity index (χ4n) is 5.04. The van der Waals surface area contributed by atoms with Crippen molar-refractivity contribution in [2.45, 2.75) is 25.2 Å². The molecule has 10 nitrogen and oxygen atoms in total. The molecule has 1 saturated heterocycles. The number of para-hydroxylation sites is 1. The quantitative estimate of drug-likeness (QED) is 0.252. The molecule has 0 spiro atoms. The minimum atomic E-state index is -1.52. The van der Waals surface area contributed by atoms with Crippen LogP contribution in [-0.4, -0.2) is 63.5 Å². The number of fused-ring (bicyclic) bond motifs is 1. The molecule has 43 heavy (non-hydrogen) atoms. The van der Waals surface area contributed by atoms with Gasteiger partial charge in [0.25, 0.3) is 5.91 Å². The van der Waals surface area contributed by atoms with Gasteiger partial charge in [-0.2, -0.15) is 5.10 Å². The fraction of sp³-hybridized carbons (Fsp3) is 0.207. The van der Waals surface area contributed by atoms with Crippen molar-refractivity contribution in [3.05, 3.63) is 82.8 Å². The summed E-state index contributed by atoms with van der Waals surface area (Å²) >= 11 is 6.27. The lowest BCUT2D eigenvalue weighted by Gasteiger charge is -2.24. The van der Waals surface area contributed by atoms with Crippen LogP contribution in [0.4, 0.5) is 14.5 Å². The van der Waals surface area contributed by atoms with E-state index in [4.69, 9.17) is 23.1 Å². The summed E-state index contributed by atoms with van der Waals surface area (Å²) in [5.74, 6) is -3.67. The Kier molecular flexibility index (Phi) is 9.43. The standard InChI is InChI=1S/C29H25ClF2N6O4.ClH/c30-20-7-3-1-5-17(20)19-9-15(24(39)12-33)10-21(26(19)32)35-29(42)23-11-16(31)13-37(23)25(40)14-38-22-8-4-2-6-18(22)27(36-38)28(34)41;/h1-10,16,23H,11-14,33H2,(H2,34,41)(H,35,42);1H/t16-,23+;/m1./s1. The van der Waals surface area contributed by atoms with Gasteiger partial charge in [-0.3, -0.25) is 23.9 Å². The second kappa shape index (κ2) is 12.9. The Bertz CT molecular complexity index is 1750. The van der Waals surface area contributed by atoms with Crippen LogP contribution < -0.4 is 16.8 Å². The van der Waals surface area contributed by atoms with Crippen molar-refractivity contribution >= 4 is 64.1 Å². The molecular weight excluding hydrogens is 605 g/mol. The summed E-state index contributed by atoms with van der Waals surface area (Å²) in [6, 6.07) is 14.2. The second-order valence-corrected chi connectivity index (χ2v) is 10.2. The Balaban J connectivity index is 0.00000423. The molecule has 3 aromatic carbocycles. The van der Waals surface area contributed by atoms with E-state index in [1.807, 2.05) is 0 Å². The highest BCUT2D eigenvalue weighted by molar-refractivity contribution is 6.33. The first-order valence-corrected chi connectivity index (χ1v) is 13.3. The van der Waals surface area contributed by atoms with Crippen molar-refractivity contribution in [1.82, 2.24) is 14.7 Å². The fourth-order valence-corrected chi connectivity index (χ4v) is 5.28. The molecule has 224 valence electrons. The van der Waals surface area contributed by atoms with E-state index in [9.17, 15) is 23.6 Å². The van der Waals surface area contributed by atoms with E-state index in [0.29, 0.717) is 10.9 Å². The number of hydrogen-bond acceptors (Lipinski definition) is 6. The minimum Gasteiger partial charge on any atom is -0.364 e. The molecule has 1 aliphatic heterocycles. The maximum Gasteiger partial charge on any atom is 0.269 e. The van der Waals surface area contributed by atoms with Crippen LogP contribution in [0.5, 0.6) is 0 Å². The van der Waals surface area contributed by atoms with E-state index in [-0.39, 0.29) is 65.0 Å². The van der Waals surface area contributed by atoms with Crippen molar-refractivity contribution < 1.29 is 28.0 Å². The highest BCUT2D eigenvalue weighted by Crippen LogP contribution is 2.35. The summed E-state index contributed by atoms with van der Waals surface area (Å²) in [6.45, 7) is -1.15. The van der Waals surface area contributed by atoms with Gasteiger partial charge in [-0.15, -0.1) is 12.4 Å². The molecule has 0 saturated carbocycles. The first-order chi connectivity index (χ1) is 20.1. The van der Waals surface area contributed by atoms with Gasteiger partial charge in [0.15, 0.2) is 17.3 Å². The average Bonchev–Trinajstić information content (AvgIpc) is 3.55. The van der Waals surface area contributed by atoms with Gasteiger partial charge in [0.05, 0.1) is 24.3 Å². The van der Waals surface area contributed by atoms with Crippen molar-refractivity contribution in [3.8, 4) is 11.1 Å². The van der Waals surface area contributed by atoms with E-state index in [1.165, 1.54) is 10.7 Å². The van der Waals surface area contributed by atoms with Gasteiger partial charge in [-0.1, -0.05) is 48.0 Å². The zero-order chi connectivity index (χ0) is 30.1. The molecule has 0 bridgehead atoms. The van der Waals surface area contributed by atoms with Gasteiger partial charge in [0, 0.05) is 33.5 Å². The molecule has 3 amide bonds. The number of benzene rings is 3. The number of anilines is 1. The Morgan fingerprint density at radius 3 is 2.44 bits per heavy atom. The third-order valence-electron chi connectivity index (χ3n) is 7.05. The lowest BCUT2D eigenvalue weighted by Crippen LogP contribution is -2.44. The predicted molar refractivity (Wildman–Crippen MR) is 159 cm³/mol. The van der Waals surface area contributed by atoms with Gasteiger partial charge in [0.1, 0.15) is 18.8 Å². The lowest BCUT2D eigenvalue weighted by atomic mass is 9.99. The van der Waals surface area contributed by atoms with Crippen LogP contribution in [0.3, 0.4) is 0 Å². The molecule has 1 aliphatic rings. The van der Waals surface area contributed by atoms with Gasteiger partial charge in [0.2, 0.25) is 11.8 Å². The first kappa shape index (κ1) is 31.5. The maximum atomic E-state index is 15.7. The Labute approximate surface area is 255 Å². The summed E-state index contributed by atoms with van der Waals surface area (Å²) in [6.07, 6.45) is -1.85. The number of hydrogen-bond donors (Lipinski definition) is 3. The van der Waals surface area contributed by atoms with Crippen molar-refractivity contribution in [1.29, 1.82) is 0 Å². The van der Waals surface area contributed by atoms with Crippen LogP contribution in [0, 0.1) is 5.82 Å². The number of Topliss-reactive ketones (excluding diaryl/α,β-unsaturated/α-hetero) is 1. The Morgan fingerprint density at radius 2 is 1.74 bits per heavy atom. The van der Waals surface area contributed by atoms with Gasteiger partial charge in [-0.05, 0) is 24.3 Å². The van der Waals surface area contributed by atoms with Crippen LogP contribution in [0.15, 0.2) is 60.7 Å². The van der Waals surface area contributed by atoms with Crippen LogP contribution in [0.1, 0.15) is 27.3 Å². The Hall–Kier alpha value is -4.39. The number of likely N-dealkylation sites (tertiary alicyclic amines) is 1. The number of amides is 3. The minimum absolute atomic E-state index is 0. The number of carbonyl (C=O) groups excluding carboxylic acids is 4. The number of halogens is 4. The monoisotopic (exact) mass is 630 g/mol. The van der Waals surface area contributed by atoms with E-state index in [2.05, 4.69) is 10.4 Å². The van der Waals surface area contributed by atoms with Crippen molar-refractivity contribution in [2.24, 2.45) is 11.5 Å². The number of rotatable bonds is 8. The number of ketones is 1. The molecule has 0 radical (unpaired) electrons. The number of nitrogens with one attached hydrogen (secondary N) is 1. The molecule has 2 heterocycles. The van der Waals surface area contributed by atoms with Crippen LogP contribution >= 0.6 is 24.0 Å². The number of primary amides is 1. The normalized spacial score (nSPS) is 16.1. The van der Waals surface area contributed by atoms with E-state index < -0.39 is 48.1 Å². The summed E-state index contributed by atoms with van der Waals surface area (Å²) in [7, 11) is 0. The Morgan fingerprint density at radius 1 is 1.05 bits per heavy atom. The van der Waals surface area contributed by atoms with Crippen LogP contribution in [0.2, 0.25) is 5.02 Å². The SMILES string of the molecule is Cl.NCC(=O)c1cc(NC(=O)[C@@H]2C[C@@H](F)CN2C(=O)Cn2nc(C(N)=O)c3ccccc32)c(F)c(-c2ccccc2Cl)c1. The maximum absolute atomic E-state index is 15.7. The molecule has 0 aliphatic carbocycles. The molecule has 2 atom stereocenters. The second-order valence-electron chi connectivity index (χ2n) is 9.76. The smallest absolute Gasteiger partial charge is 0.269 e. The number of carbonyl (C=O) groups is 4. The van der Waals surface area contributed by atoms with Crippen molar-refractivity contribution in [3.63, 3.8) is 0 Å². The first-order valence-electron chi connectivity index (χ1n) is 12.9. The van der Waals surface area contributed by atoms with Gasteiger partial charge < -0.3 is 21.7 Å². The largest absolute Gasteiger partial charge is 0.364 e. The molecule has 1 fully saturated rings. The molecule has 0 unspecified atom stereocenters. The van der Waals surface area contributed by atoms with Crippen molar-refractivity contribution in [2.75, 3.05) is 18.4 Å². The van der Waals surface area contributed by atoms with E-state index >= 15 is 4.39 Å². The highest BCUT2D eigenvalue weighted by Gasteiger charge is 2.40. The molecular formula is C29H26Cl2F2N6O4. The van der Waals surface area contributed by atoms with Gasteiger partial charge >= 0.3 is 0 Å². The number of nitrogens with zero attached hydrogens (tertiary/aromatic N) is 3. The predicted octanol–water partition coefficient (Wildman–Crippen LogP) is 3.74. The highest BCUT2D eigenvalue weighted by atomic mass is 35.5. The number of nitrogens with two attached hydrogens (primary N) is 2. The number of alkyl halides is 1. The summed E-state index contributed by atoms with van der Waals surface area (Å²) in [5, 5.41) is 7.22. The van der Waals surface area contributed by atoms with Gasteiger partial charge in [-0.25, -0.2) is 8.78 Å². The third kappa shape index (κ3) is 6.21. The zero-order valence-corrected chi connectivity index (χ0v) is 24.0. The lowest BCUT2D eigenvalue weighted by molar-refractivity contribution is -0.137. The van der Waals surface area contributed by atoms with E-state index in [0.717, 1.165) is 11.0 Å². The summed E-state index contributed by atoms with van der Waals surface area (Å²) in [4.78, 5) is 52.1. The number of aromatic nitrogens is 2. The molecule has 5 N–H and O–H groups in total. The van der Waals surface area contributed by atoms with Crippen LogP contribution in [0.25, 0.3) is 22.0 Å². The zero-order valence-electron chi connectivity index (χ0n) is 22.4. The average molecular weight is 631 g/mol. The summed E-state index contributed by atoms with van der Waals surface area (Å²) in [5.41, 5.74) is 11.3. The topological polar surface area (TPSA) is 153 Å². The van der Waals surface area contributed by atoms with E-state index in [1.54, 1.807) is 48.5 Å². The molecule has 14 heteroatoms. The molecule has 4 aromatic rings. The summed E-state index contributed by atoms with van der Waals surface area (Å²) < 4.78 is 31.6. The molecule has 5 rings (SSSR count). The third-order valence-corrected chi connectivity index (χ3v) is 7.38. The molecule has 1 aromatic heterocycles.